The highest BCUT2D eigenvalue weighted by molar-refractivity contribution is 5.82. The van der Waals surface area contributed by atoms with Crippen LogP contribution in [0.25, 0.3) is 0 Å². The van der Waals surface area contributed by atoms with Gasteiger partial charge in [-0.05, 0) is 6.92 Å². The third kappa shape index (κ3) is 1.49. The first kappa shape index (κ1) is 13.0. The van der Waals surface area contributed by atoms with Crippen molar-refractivity contribution in [3.8, 4) is 0 Å². The average molecular weight is 295 g/mol. The molecule has 9 heteroatoms. The average Bonchev–Trinajstić information content (AvgIpc) is 3.06. The lowest BCUT2D eigenvalue weighted by atomic mass is 9.92. The van der Waals surface area contributed by atoms with Gasteiger partial charge in [-0.25, -0.2) is 4.98 Å². The molecule has 0 aliphatic carbocycles. The van der Waals surface area contributed by atoms with Gasteiger partial charge in [0.25, 0.3) is 0 Å². The van der Waals surface area contributed by atoms with E-state index in [1.54, 1.807) is 17.8 Å². The monoisotopic (exact) mass is 295 g/mol. The quantitative estimate of drug-likeness (QED) is 0.514. The van der Waals surface area contributed by atoms with E-state index in [2.05, 4.69) is 15.3 Å². The van der Waals surface area contributed by atoms with E-state index in [4.69, 9.17) is 15.2 Å². The number of hydrogen-bond donors (Lipinski definition) is 4. The van der Waals surface area contributed by atoms with E-state index in [1.165, 1.54) is 0 Å². The molecule has 5 N–H and O–H groups in total. The fraction of sp³-hybridized carbons (Fsp3) is 0.667. The van der Waals surface area contributed by atoms with Gasteiger partial charge in [0.1, 0.15) is 23.0 Å². The van der Waals surface area contributed by atoms with Gasteiger partial charge in [0.15, 0.2) is 18.0 Å². The fourth-order valence-corrected chi connectivity index (χ4v) is 3.24. The summed E-state index contributed by atoms with van der Waals surface area (Å²) in [5.74, 6) is 0.879. The Hall–Kier alpha value is -1.68. The van der Waals surface area contributed by atoms with Crippen LogP contribution in [0.1, 0.15) is 18.8 Å². The van der Waals surface area contributed by atoms with E-state index >= 15 is 0 Å². The lowest BCUT2D eigenvalue weighted by Gasteiger charge is -2.34. The number of fused-ring (bicyclic) bond motifs is 3. The number of aliphatic hydroxyl groups is 2. The fourth-order valence-electron chi connectivity index (χ4n) is 3.24. The second-order valence-corrected chi connectivity index (χ2v) is 5.84. The first-order valence-corrected chi connectivity index (χ1v) is 6.74. The summed E-state index contributed by atoms with van der Waals surface area (Å²) in [5.41, 5.74) is 4.38. The molecule has 4 rings (SSSR count). The van der Waals surface area contributed by atoms with Crippen LogP contribution in [0.15, 0.2) is 11.3 Å². The Kier molecular flexibility index (Phi) is 2.45. The normalized spacial score (nSPS) is 40.8. The molecule has 2 saturated heterocycles. The highest BCUT2D eigenvalue weighted by Gasteiger charge is 2.68. The van der Waals surface area contributed by atoms with Crippen LogP contribution in [-0.2, 0) is 16.0 Å². The van der Waals surface area contributed by atoms with Crippen molar-refractivity contribution in [2.45, 2.75) is 37.0 Å². The smallest absolute Gasteiger partial charge is 0.195 e. The van der Waals surface area contributed by atoms with Crippen LogP contribution in [0.4, 0.5) is 5.82 Å². The molecule has 3 aliphatic rings. The lowest BCUT2D eigenvalue weighted by molar-refractivity contribution is -0.211. The minimum Gasteiger partial charge on any atom is -0.393 e. The van der Waals surface area contributed by atoms with E-state index in [0.717, 1.165) is 5.69 Å². The molecular formula is C12H17N5O4. The van der Waals surface area contributed by atoms with Crippen molar-refractivity contribution in [1.29, 1.82) is 0 Å². The van der Waals surface area contributed by atoms with Crippen molar-refractivity contribution in [2.75, 3.05) is 13.2 Å². The summed E-state index contributed by atoms with van der Waals surface area (Å²) in [6, 6.07) is 0. The second kappa shape index (κ2) is 3.95. The van der Waals surface area contributed by atoms with Gasteiger partial charge in [0.2, 0.25) is 0 Å². The Bertz CT molecular complexity index is 631. The summed E-state index contributed by atoms with van der Waals surface area (Å²) in [6.45, 7) is 2.08. The summed E-state index contributed by atoms with van der Waals surface area (Å²) < 4.78 is 13.3. The van der Waals surface area contributed by atoms with Crippen LogP contribution in [-0.4, -0.2) is 56.2 Å². The van der Waals surface area contributed by atoms with E-state index < -0.39 is 23.5 Å². The maximum absolute atomic E-state index is 10.4. The van der Waals surface area contributed by atoms with Crippen LogP contribution in [0.5, 0.6) is 0 Å². The molecule has 0 spiro atoms. The molecular weight excluding hydrogens is 278 g/mol. The minimum atomic E-state index is -1.10. The van der Waals surface area contributed by atoms with Crippen LogP contribution in [0, 0.1) is 0 Å². The van der Waals surface area contributed by atoms with Gasteiger partial charge < -0.3 is 30.7 Å². The molecule has 0 saturated carbocycles. The Balaban J connectivity index is 1.79. The number of rotatable bonds is 2. The SMILES string of the molecule is C[C@]12OC[C@](CO)(O[C@H]1n1cnc3c1N=C(N)NC3)[C@H]2O. The Morgan fingerprint density at radius 2 is 2.43 bits per heavy atom. The molecule has 1 aromatic heterocycles. The molecule has 9 nitrogen and oxygen atoms in total. The van der Waals surface area contributed by atoms with E-state index in [0.29, 0.717) is 18.3 Å². The molecule has 0 unspecified atom stereocenters. The maximum atomic E-state index is 10.4. The number of guanidine groups is 1. The summed E-state index contributed by atoms with van der Waals surface area (Å²) in [6.07, 6.45) is 0.0343. The first-order valence-electron chi connectivity index (χ1n) is 6.74. The molecule has 2 bridgehead atoms. The molecule has 4 atom stereocenters. The summed E-state index contributed by atoms with van der Waals surface area (Å²) in [7, 11) is 0. The van der Waals surface area contributed by atoms with Gasteiger partial charge in [-0.1, -0.05) is 0 Å². The molecule has 4 heterocycles. The van der Waals surface area contributed by atoms with Crippen LogP contribution < -0.4 is 11.1 Å². The molecule has 2 fully saturated rings. The third-order valence-corrected chi connectivity index (χ3v) is 4.53. The Labute approximate surface area is 120 Å². The molecule has 114 valence electrons. The van der Waals surface area contributed by atoms with Crippen molar-refractivity contribution in [2.24, 2.45) is 10.7 Å². The highest BCUT2D eigenvalue weighted by atomic mass is 16.7. The van der Waals surface area contributed by atoms with Crippen molar-refractivity contribution in [1.82, 2.24) is 14.9 Å². The number of nitrogens with one attached hydrogen (secondary N) is 1. The largest absolute Gasteiger partial charge is 0.393 e. The predicted octanol–water partition coefficient (Wildman–Crippen LogP) is -1.66. The van der Waals surface area contributed by atoms with Gasteiger partial charge in [-0.3, -0.25) is 4.57 Å². The van der Waals surface area contributed by atoms with Crippen molar-refractivity contribution in [3.63, 3.8) is 0 Å². The van der Waals surface area contributed by atoms with Crippen molar-refractivity contribution >= 4 is 11.8 Å². The molecule has 0 aromatic carbocycles. The number of nitrogens with two attached hydrogens (primary N) is 1. The number of imidazole rings is 1. The molecule has 21 heavy (non-hydrogen) atoms. The third-order valence-electron chi connectivity index (χ3n) is 4.53. The van der Waals surface area contributed by atoms with Gasteiger partial charge >= 0.3 is 0 Å². The number of aliphatic imine (C=N–C) groups is 1. The zero-order valence-electron chi connectivity index (χ0n) is 11.5. The Morgan fingerprint density at radius 3 is 3.14 bits per heavy atom. The first-order chi connectivity index (χ1) is 10.00. The molecule has 0 amide bonds. The van der Waals surface area contributed by atoms with Crippen molar-refractivity contribution in [3.05, 3.63) is 12.0 Å². The molecule has 0 radical (unpaired) electrons. The van der Waals surface area contributed by atoms with Gasteiger partial charge in [0.05, 0.1) is 26.1 Å². The van der Waals surface area contributed by atoms with E-state index in [9.17, 15) is 10.2 Å². The lowest BCUT2D eigenvalue weighted by Crippen LogP contribution is -2.44. The number of aromatic nitrogens is 2. The predicted molar refractivity (Wildman–Crippen MR) is 70.7 cm³/mol. The Morgan fingerprint density at radius 1 is 1.62 bits per heavy atom. The molecule has 3 aliphatic heterocycles. The van der Waals surface area contributed by atoms with Gasteiger partial charge in [-0.2, -0.15) is 4.99 Å². The number of hydrogen-bond acceptors (Lipinski definition) is 8. The van der Waals surface area contributed by atoms with E-state index in [-0.39, 0.29) is 13.2 Å². The zero-order valence-corrected chi connectivity index (χ0v) is 11.5. The topological polar surface area (TPSA) is 127 Å². The summed E-state index contributed by atoms with van der Waals surface area (Å²) in [5, 5.41) is 22.9. The summed E-state index contributed by atoms with van der Waals surface area (Å²) >= 11 is 0. The number of nitrogens with zero attached hydrogens (tertiary/aromatic N) is 3. The van der Waals surface area contributed by atoms with Crippen LogP contribution >= 0.6 is 0 Å². The van der Waals surface area contributed by atoms with Gasteiger partial charge in [-0.15, -0.1) is 0 Å². The van der Waals surface area contributed by atoms with E-state index in [1.807, 2.05) is 0 Å². The molecule has 1 aromatic rings. The number of aliphatic hydroxyl groups excluding tert-OH is 2. The summed E-state index contributed by atoms with van der Waals surface area (Å²) in [4.78, 5) is 8.52. The standard InChI is InChI=1S/C12H17N5O4/c1-11-8(19)12(3-18,4-20-11)21-9(11)17-5-15-6-2-14-10(13)16-7(6)17/h5,8-9,18-19H,2-4H2,1H3,(H3,13,14,16)/t8-,9+,11+,12-/m0/s1. The van der Waals surface area contributed by atoms with Crippen molar-refractivity contribution < 1.29 is 19.7 Å². The van der Waals surface area contributed by atoms with Crippen LogP contribution in [0.2, 0.25) is 0 Å². The van der Waals surface area contributed by atoms with Crippen LogP contribution in [0.3, 0.4) is 0 Å². The zero-order chi connectivity index (χ0) is 14.8. The maximum Gasteiger partial charge on any atom is 0.195 e. The second-order valence-electron chi connectivity index (χ2n) is 5.84. The highest BCUT2D eigenvalue weighted by Crippen LogP contribution is 2.53. The number of ether oxygens (including phenoxy) is 2. The minimum absolute atomic E-state index is 0.154. The van der Waals surface area contributed by atoms with Gasteiger partial charge in [0, 0.05) is 0 Å².